The van der Waals surface area contributed by atoms with Crippen molar-refractivity contribution in [2.24, 2.45) is 5.92 Å². The Morgan fingerprint density at radius 1 is 1.05 bits per heavy atom. The van der Waals surface area contributed by atoms with E-state index in [1.54, 1.807) is 0 Å². The van der Waals surface area contributed by atoms with Gasteiger partial charge in [0.1, 0.15) is 0 Å². The van der Waals surface area contributed by atoms with E-state index < -0.39 is 0 Å². The van der Waals surface area contributed by atoms with Gasteiger partial charge in [0.05, 0.1) is 0 Å². The van der Waals surface area contributed by atoms with Crippen molar-refractivity contribution < 1.29 is 0 Å². The summed E-state index contributed by atoms with van der Waals surface area (Å²) < 4.78 is 0. The molecule has 0 aliphatic heterocycles. The molecule has 0 saturated heterocycles. The molecule has 19 heavy (non-hydrogen) atoms. The normalized spacial score (nSPS) is 18.5. The van der Waals surface area contributed by atoms with Gasteiger partial charge in [0.2, 0.25) is 0 Å². The Hall–Kier alpha value is -0.820. The van der Waals surface area contributed by atoms with Crippen LogP contribution in [0, 0.1) is 19.8 Å². The minimum Gasteiger partial charge on any atom is -0.314 e. The predicted molar refractivity (Wildman–Crippen MR) is 83.7 cm³/mol. The van der Waals surface area contributed by atoms with Crippen molar-refractivity contribution in [3.05, 3.63) is 34.9 Å². The van der Waals surface area contributed by atoms with E-state index in [0.29, 0.717) is 6.04 Å². The topological polar surface area (TPSA) is 12.0 Å². The molecule has 1 saturated carbocycles. The molecule has 1 unspecified atom stereocenters. The highest BCUT2D eigenvalue weighted by Crippen LogP contribution is 2.28. The summed E-state index contributed by atoms with van der Waals surface area (Å²) in [4.78, 5) is 0. The highest BCUT2D eigenvalue weighted by atomic mass is 14.9. The molecule has 0 heterocycles. The standard InChI is InChI=1S/C18H29N/c1-4-19-18(17-8-6-5-7-9-17)13-16-11-14(2)10-15(3)12-16/h10-12,17-19H,4-9,13H2,1-3H3. The van der Waals surface area contributed by atoms with E-state index in [1.165, 1.54) is 55.2 Å². The molecule has 1 aliphatic carbocycles. The molecule has 1 aromatic carbocycles. The van der Waals surface area contributed by atoms with Crippen LogP contribution in [0.5, 0.6) is 0 Å². The lowest BCUT2D eigenvalue weighted by molar-refractivity contribution is 0.269. The first-order valence-corrected chi connectivity index (χ1v) is 7.99. The molecule has 1 aliphatic rings. The smallest absolute Gasteiger partial charge is 0.0136 e. The summed E-state index contributed by atoms with van der Waals surface area (Å²) in [5, 5.41) is 3.74. The lowest BCUT2D eigenvalue weighted by atomic mass is 9.81. The van der Waals surface area contributed by atoms with Crippen molar-refractivity contribution in [2.75, 3.05) is 6.54 Å². The fourth-order valence-corrected chi connectivity index (χ4v) is 3.64. The number of benzene rings is 1. The van der Waals surface area contributed by atoms with Gasteiger partial charge in [0.15, 0.2) is 0 Å². The van der Waals surface area contributed by atoms with Crippen molar-refractivity contribution in [3.63, 3.8) is 0 Å². The van der Waals surface area contributed by atoms with Crippen molar-refractivity contribution in [1.82, 2.24) is 5.32 Å². The first-order valence-electron chi connectivity index (χ1n) is 7.99. The van der Waals surface area contributed by atoms with Crippen LogP contribution in [-0.2, 0) is 6.42 Å². The maximum Gasteiger partial charge on any atom is 0.0136 e. The summed E-state index contributed by atoms with van der Waals surface area (Å²) >= 11 is 0. The maximum atomic E-state index is 3.74. The molecule has 0 amide bonds. The fourth-order valence-electron chi connectivity index (χ4n) is 3.64. The second-order valence-electron chi connectivity index (χ2n) is 6.26. The van der Waals surface area contributed by atoms with Gasteiger partial charge in [-0.3, -0.25) is 0 Å². The van der Waals surface area contributed by atoms with Gasteiger partial charge in [0, 0.05) is 6.04 Å². The van der Waals surface area contributed by atoms with Gasteiger partial charge in [-0.1, -0.05) is 55.5 Å². The molecule has 106 valence electrons. The summed E-state index contributed by atoms with van der Waals surface area (Å²) in [6, 6.07) is 7.67. The van der Waals surface area contributed by atoms with E-state index in [9.17, 15) is 0 Å². The number of nitrogens with one attached hydrogen (secondary N) is 1. The molecule has 2 rings (SSSR count). The van der Waals surface area contributed by atoms with E-state index in [-0.39, 0.29) is 0 Å². The third-order valence-electron chi connectivity index (χ3n) is 4.42. The van der Waals surface area contributed by atoms with Gasteiger partial charge in [-0.25, -0.2) is 0 Å². The Labute approximate surface area is 118 Å². The van der Waals surface area contributed by atoms with Crippen molar-refractivity contribution in [2.45, 2.75) is 65.3 Å². The lowest BCUT2D eigenvalue weighted by Crippen LogP contribution is -2.39. The van der Waals surface area contributed by atoms with Gasteiger partial charge in [-0.2, -0.15) is 0 Å². The van der Waals surface area contributed by atoms with Crippen LogP contribution in [-0.4, -0.2) is 12.6 Å². The molecule has 0 spiro atoms. The summed E-state index contributed by atoms with van der Waals surface area (Å²) in [5.74, 6) is 0.884. The van der Waals surface area contributed by atoms with Crippen LogP contribution >= 0.6 is 0 Å². The zero-order valence-electron chi connectivity index (χ0n) is 12.8. The molecule has 0 aromatic heterocycles. The van der Waals surface area contributed by atoms with Crippen LogP contribution in [0.1, 0.15) is 55.7 Å². The minimum atomic E-state index is 0.673. The minimum absolute atomic E-state index is 0.673. The first kappa shape index (κ1) is 14.6. The van der Waals surface area contributed by atoms with E-state index in [4.69, 9.17) is 0 Å². The summed E-state index contributed by atoms with van der Waals surface area (Å²) in [6.45, 7) is 7.74. The number of hydrogen-bond donors (Lipinski definition) is 1. The van der Waals surface area contributed by atoms with Gasteiger partial charge < -0.3 is 5.32 Å². The molecular weight excluding hydrogens is 230 g/mol. The van der Waals surface area contributed by atoms with Crippen LogP contribution in [0.3, 0.4) is 0 Å². The third-order valence-corrected chi connectivity index (χ3v) is 4.42. The van der Waals surface area contributed by atoms with Crippen LogP contribution in [0.2, 0.25) is 0 Å². The summed E-state index contributed by atoms with van der Waals surface area (Å²) in [6.07, 6.45) is 8.34. The maximum absolute atomic E-state index is 3.74. The van der Waals surface area contributed by atoms with E-state index in [2.05, 4.69) is 44.3 Å². The number of hydrogen-bond acceptors (Lipinski definition) is 1. The van der Waals surface area contributed by atoms with Crippen LogP contribution < -0.4 is 5.32 Å². The molecule has 1 aromatic rings. The van der Waals surface area contributed by atoms with E-state index in [0.717, 1.165) is 12.5 Å². The Balaban J connectivity index is 2.06. The Morgan fingerprint density at radius 2 is 1.68 bits per heavy atom. The van der Waals surface area contributed by atoms with Gasteiger partial charge in [0.25, 0.3) is 0 Å². The first-order chi connectivity index (χ1) is 9.19. The van der Waals surface area contributed by atoms with Gasteiger partial charge in [-0.05, 0) is 51.1 Å². The van der Waals surface area contributed by atoms with Crippen LogP contribution in [0.4, 0.5) is 0 Å². The predicted octanol–water partition coefficient (Wildman–Crippen LogP) is 4.40. The van der Waals surface area contributed by atoms with Crippen molar-refractivity contribution >= 4 is 0 Å². The molecule has 1 fully saturated rings. The highest BCUT2D eigenvalue weighted by Gasteiger charge is 2.23. The number of rotatable bonds is 5. The molecule has 0 radical (unpaired) electrons. The average Bonchev–Trinajstić information content (AvgIpc) is 2.38. The fraction of sp³-hybridized carbons (Fsp3) is 0.667. The van der Waals surface area contributed by atoms with Gasteiger partial charge >= 0.3 is 0 Å². The monoisotopic (exact) mass is 259 g/mol. The zero-order valence-corrected chi connectivity index (χ0v) is 12.8. The highest BCUT2D eigenvalue weighted by molar-refractivity contribution is 5.29. The SMILES string of the molecule is CCNC(Cc1cc(C)cc(C)c1)C1CCCCC1. The zero-order chi connectivity index (χ0) is 13.7. The Kier molecular flexibility index (Phi) is 5.45. The quantitative estimate of drug-likeness (QED) is 0.826. The molecule has 1 heteroatoms. The van der Waals surface area contributed by atoms with Gasteiger partial charge in [-0.15, -0.1) is 0 Å². The third kappa shape index (κ3) is 4.35. The molecule has 0 bridgehead atoms. The van der Waals surface area contributed by atoms with Crippen molar-refractivity contribution in [3.8, 4) is 0 Å². The van der Waals surface area contributed by atoms with Crippen LogP contribution in [0.25, 0.3) is 0 Å². The second kappa shape index (κ2) is 7.09. The lowest BCUT2D eigenvalue weighted by Gasteiger charge is -2.31. The average molecular weight is 259 g/mol. The Bertz CT molecular complexity index is 370. The van der Waals surface area contributed by atoms with E-state index in [1.807, 2.05) is 0 Å². The van der Waals surface area contributed by atoms with E-state index >= 15 is 0 Å². The van der Waals surface area contributed by atoms with Crippen molar-refractivity contribution in [1.29, 1.82) is 0 Å². The Morgan fingerprint density at radius 3 is 2.26 bits per heavy atom. The molecular formula is C18H29N. The molecule has 1 atom stereocenters. The second-order valence-corrected chi connectivity index (χ2v) is 6.26. The largest absolute Gasteiger partial charge is 0.314 e. The molecule has 1 N–H and O–H groups in total. The summed E-state index contributed by atoms with van der Waals surface area (Å²) in [5.41, 5.74) is 4.30. The molecule has 1 nitrogen and oxygen atoms in total. The number of aryl methyl sites for hydroxylation is 2. The summed E-state index contributed by atoms with van der Waals surface area (Å²) in [7, 11) is 0. The van der Waals surface area contributed by atoms with Crippen LogP contribution in [0.15, 0.2) is 18.2 Å². The number of likely N-dealkylation sites (N-methyl/N-ethyl adjacent to an activating group) is 1.